The molecule has 0 radical (unpaired) electrons. The van der Waals surface area contributed by atoms with Gasteiger partial charge in [-0.3, -0.25) is 4.79 Å². The molecule has 15 nitrogen and oxygen atoms in total. The Hall–Kier alpha value is -7.94. The summed E-state index contributed by atoms with van der Waals surface area (Å²) in [5.74, 6) is -1.23. The Labute approximate surface area is 464 Å². The molecule has 8 bridgehead atoms. The first-order valence-electron chi connectivity index (χ1n) is 27.2. The molecule has 0 spiro atoms. The van der Waals surface area contributed by atoms with Crippen molar-refractivity contribution in [3.05, 3.63) is 165 Å². The lowest BCUT2D eigenvalue weighted by atomic mass is 9.88. The van der Waals surface area contributed by atoms with Crippen LogP contribution in [0.5, 0.6) is 23.0 Å². The largest absolute Gasteiger partial charge is 0.493 e. The molecule has 5 rings (SSSR count). The normalized spacial score (nSPS) is 11.8. The molecule has 0 fully saturated rings. The molecule has 4 aromatic rings. The van der Waals surface area contributed by atoms with E-state index in [9.17, 15) is 28.8 Å². The highest BCUT2D eigenvalue weighted by molar-refractivity contribution is 5.94. The number of ether oxygens (including phenoxy) is 9. The molecule has 0 saturated heterocycles. The van der Waals surface area contributed by atoms with E-state index < -0.39 is 29.8 Å². The monoisotopic (exact) mass is 1080 g/mol. The molecule has 1 aliphatic carbocycles. The summed E-state index contributed by atoms with van der Waals surface area (Å²) >= 11 is 0. The van der Waals surface area contributed by atoms with Crippen molar-refractivity contribution in [2.24, 2.45) is 0 Å². The van der Waals surface area contributed by atoms with E-state index in [1.165, 1.54) is 14.0 Å². The quantitative estimate of drug-likeness (QED) is 0.0183. The first-order chi connectivity index (χ1) is 38.2. The summed E-state index contributed by atoms with van der Waals surface area (Å²) < 4.78 is 55.1. The Kier molecular flexibility index (Phi) is 25.6. The Morgan fingerprint density at radius 1 is 0.392 bits per heavy atom. The zero-order valence-electron chi connectivity index (χ0n) is 46.8. The third kappa shape index (κ3) is 19.8. The number of unbranched alkanes of at least 4 members (excludes halogenated alkanes) is 4. The van der Waals surface area contributed by atoms with Crippen LogP contribution in [0.15, 0.2) is 98.1 Å². The van der Waals surface area contributed by atoms with Crippen molar-refractivity contribution < 1.29 is 71.4 Å². The summed E-state index contributed by atoms with van der Waals surface area (Å²) in [7, 11) is 1.21. The predicted octanol–water partition coefficient (Wildman–Crippen LogP) is 11.5. The lowest BCUT2D eigenvalue weighted by molar-refractivity contribution is -0.140. The van der Waals surface area contributed by atoms with Crippen LogP contribution in [0.4, 0.5) is 0 Å². The third-order valence-electron chi connectivity index (χ3n) is 12.6. The van der Waals surface area contributed by atoms with Crippen LogP contribution in [0.1, 0.15) is 153 Å². The minimum atomic E-state index is -0.755. The Morgan fingerprint density at radius 2 is 0.633 bits per heavy atom. The SMILES string of the molecule is C=CC(=O)OCc1cc2c(OCCCC)c(c1)Cc1cc(COC(=O)/C=C\C(=O)OC)cc(c1OCCCC)Cc1cc(COC(=O)C=C)cc(c1OCCCC)Cc1cc(COC(=O)/C=C\C(C)=O)cc(c1OCCCC)C2. The van der Waals surface area contributed by atoms with Gasteiger partial charge in [-0.15, -0.1) is 0 Å². The van der Waals surface area contributed by atoms with Crippen LogP contribution in [0.3, 0.4) is 0 Å². The molecule has 15 heteroatoms. The van der Waals surface area contributed by atoms with Crippen LogP contribution < -0.4 is 18.9 Å². The standard InChI is InChI=1S/C64H76O15/c1-9-15-23-72-61-48-27-44(39-76-56(66)13-5)29-50(61)37-54-33-47(42-79-60(70)22-21-58(68)71-8)34-55(64(54)75-26-18-12-4)38-51-30-45(40-77-57(67)14-6)28-49(62(51)73-24-16-10-2)36-53-32-46(41-78-59(69)20-19-43(7)65)31-52(35-48)63(53)74-25-17-11-3/h13-14,19-22,27-34H,5-6,9-12,15-18,23-26,35-42H2,1-4,7-8H3/b20-19-,22-21-. The molecule has 0 N–H and O–H groups in total. The third-order valence-corrected chi connectivity index (χ3v) is 12.6. The number of esters is 5. The number of ketones is 1. The van der Waals surface area contributed by atoms with E-state index in [-0.39, 0.29) is 57.9 Å². The summed E-state index contributed by atoms with van der Waals surface area (Å²) in [5, 5.41) is 0. The van der Waals surface area contributed by atoms with Crippen LogP contribution in [-0.2, 0) is 105 Å². The minimum Gasteiger partial charge on any atom is -0.493 e. The molecule has 0 amide bonds. The number of fused-ring (bicyclic) bond motifs is 8. The highest BCUT2D eigenvalue weighted by atomic mass is 16.5. The summed E-state index contributed by atoms with van der Waals surface area (Å²) in [6.07, 6.45) is 13.9. The maximum atomic E-state index is 13.1. The molecule has 4 aromatic carbocycles. The number of hydrogen-bond donors (Lipinski definition) is 0. The molecule has 79 heavy (non-hydrogen) atoms. The molecular formula is C64H76O15. The molecule has 0 saturated carbocycles. The van der Waals surface area contributed by atoms with Crippen molar-refractivity contribution in [1.29, 1.82) is 0 Å². The number of methoxy groups -OCH3 is 1. The van der Waals surface area contributed by atoms with Crippen molar-refractivity contribution in [3.63, 3.8) is 0 Å². The van der Waals surface area contributed by atoms with E-state index in [0.717, 1.165) is 132 Å². The fraction of sp³-hybridized carbons (Fsp3) is 0.406. The number of hydrogen-bond acceptors (Lipinski definition) is 15. The fourth-order valence-corrected chi connectivity index (χ4v) is 8.75. The Balaban J connectivity index is 1.95. The van der Waals surface area contributed by atoms with Gasteiger partial charge in [-0.2, -0.15) is 0 Å². The van der Waals surface area contributed by atoms with E-state index >= 15 is 0 Å². The van der Waals surface area contributed by atoms with E-state index in [0.29, 0.717) is 71.7 Å². The molecule has 0 heterocycles. The number of rotatable bonds is 30. The van der Waals surface area contributed by atoms with Gasteiger partial charge >= 0.3 is 29.8 Å². The zero-order valence-corrected chi connectivity index (χ0v) is 46.8. The smallest absolute Gasteiger partial charge is 0.331 e. The van der Waals surface area contributed by atoms with Crippen molar-refractivity contribution in [2.75, 3.05) is 33.5 Å². The minimum absolute atomic E-state index is 0.0882. The highest BCUT2D eigenvalue weighted by Gasteiger charge is 2.26. The van der Waals surface area contributed by atoms with Gasteiger partial charge in [-0.25, -0.2) is 24.0 Å². The molecule has 0 aliphatic heterocycles. The molecule has 422 valence electrons. The lowest BCUT2D eigenvalue weighted by Crippen LogP contribution is -2.13. The zero-order chi connectivity index (χ0) is 57.1. The maximum Gasteiger partial charge on any atom is 0.331 e. The predicted molar refractivity (Wildman–Crippen MR) is 299 cm³/mol. The first-order valence-corrected chi connectivity index (χ1v) is 27.2. The number of benzene rings is 4. The fourth-order valence-electron chi connectivity index (χ4n) is 8.75. The van der Waals surface area contributed by atoms with Gasteiger partial charge in [0, 0.05) is 56.1 Å². The molecule has 1 aliphatic rings. The van der Waals surface area contributed by atoms with Crippen LogP contribution in [0.25, 0.3) is 0 Å². The van der Waals surface area contributed by atoms with Gasteiger partial charge in [0.15, 0.2) is 5.78 Å². The van der Waals surface area contributed by atoms with E-state index in [1.54, 1.807) is 0 Å². The lowest BCUT2D eigenvalue weighted by Gasteiger charge is -2.25. The Morgan fingerprint density at radius 3 is 0.861 bits per heavy atom. The summed E-state index contributed by atoms with van der Waals surface area (Å²) in [6.45, 7) is 17.9. The van der Waals surface area contributed by atoms with E-state index in [1.807, 2.05) is 48.5 Å². The number of carbonyl (C=O) groups excluding carboxylic acids is 6. The molecule has 0 unspecified atom stereocenters. The van der Waals surface area contributed by atoms with Gasteiger partial charge in [-0.1, -0.05) is 66.5 Å². The van der Waals surface area contributed by atoms with Crippen molar-refractivity contribution in [3.8, 4) is 23.0 Å². The van der Waals surface area contributed by atoms with E-state index in [4.69, 9.17) is 37.9 Å². The van der Waals surface area contributed by atoms with Gasteiger partial charge in [0.05, 0.1) is 33.5 Å². The topological polar surface area (TPSA) is 185 Å². The first kappa shape index (κ1) is 61.9. The number of allylic oxidation sites excluding steroid dienone is 1. The molecular weight excluding hydrogens is 1010 g/mol. The van der Waals surface area contributed by atoms with Crippen molar-refractivity contribution in [2.45, 2.75) is 138 Å². The van der Waals surface area contributed by atoms with Crippen LogP contribution in [-0.4, -0.2) is 69.2 Å². The average molecular weight is 1090 g/mol. The number of carbonyl (C=O) groups is 6. The Bertz CT molecular complexity index is 2720. The average Bonchev–Trinajstić information content (AvgIpc) is 3.45. The highest BCUT2D eigenvalue weighted by Crippen LogP contribution is 2.41. The van der Waals surface area contributed by atoms with Crippen LogP contribution in [0, 0.1) is 0 Å². The molecule has 0 aromatic heterocycles. The molecule has 0 atom stereocenters. The van der Waals surface area contributed by atoms with Crippen molar-refractivity contribution in [1.82, 2.24) is 0 Å². The van der Waals surface area contributed by atoms with E-state index in [2.05, 4.69) is 45.6 Å². The summed E-state index contributed by atoms with van der Waals surface area (Å²) in [4.78, 5) is 75.1. The second-order valence-corrected chi connectivity index (χ2v) is 19.1. The van der Waals surface area contributed by atoms with Crippen molar-refractivity contribution >= 4 is 35.6 Å². The van der Waals surface area contributed by atoms with Gasteiger partial charge in [0.2, 0.25) is 0 Å². The van der Waals surface area contributed by atoms with Crippen LogP contribution in [0.2, 0.25) is 0 Å². The van der Waals surface area contributed by atoms with Gasteiger partial charge in [0.25, 0.3) is 0 Å². The van der Waals surface area contributed by atoms with Gasteiger partial charge in [-0.05, 0) is 154 Å². The second kappa shape index (κ2) is 32.7. The van der Waals surface area contributed by atoms with Crippen LogP contribution >= 0.6 is 0 Å². The summed E-state index contributed by atoms with van der Waals surface area (Å²) in [6, 6.07) is 15.6. The van der Waals surface area contributed by atoms with Gasteiger partial charge < -0.3 is 42.6 Å². The maximum absolute atomic E-state index is 13.1. The second-order valence-electron chi connectivity index (χ2n) is 19.1. The van der Waals surface area contributed by atoms with Gasteiger partial charge in [0.1, 0.15) is 49.4 Å². The summed E-state index contributed by atoms with van der Waals surface area (Å²) in [5.41, 5.74) is 8.59.